The topological polar surface area (TPSA) is 148 Å². The van der Waals surface area contributed by atoms with E-state index in [1.165, 1.54) is 4.90 Å². The Morgan fingerprint density at radius 1 is 1.16 bits per heavy atom. The minimum atomic E-state index is -1.15. The molecular formula is C27H40FN5O4. The van der Waals surface area contributed by atoms with E-state index in [0.29, 0.717) is 32.2 Å². The molecule has 0 saturated carbocycles. The van der Waals surface area contributed by atoms with Gasteiger partial charge in [-0.1, -0.05) is 44.2 Å². The fraction of sp³-hybridized carbons (Fsp3) is 0.593. The Labute approximate surface area is 218 Å². The number of likely N-dealkylation sites (tertiary alicyclic amines) is 1. The van der Waals surface area contributed by atoms with E-state index in [9.17, 15) is 23.6 Å². The predicted octanol–water partition coefficient (Wildman–Crippen LogP) is 1.92. The van der Waals surface area contributed by atoms with Gasteiger partial charge in [0.2, 0.25) is 11.8 Å². The fourth-order valence-corrected chi connectivity index (χ4v) is 4.62. The number of alkyl halides is 1. The van der Waals surface area contributed by atoms with Gasteiger partial charge in [0.05, 0.1) is 6.04 Å². The van der Waals surface area contributed by atoms with Crippen LogP contribution in [0.1, 0.15) is 57.9 Å². The maximum Gasteiger partial charge on any atom is 0.246 e. The van der Waals surface area contributed by atoms with Crippen molar-refractivity contribution in [1.82, 2.24) is 10.2 Å². The summed E-state index contributed by atoms with van der Waals surface area (Å²) in [5, 5.41) is 2.86. The van der Waals surface area contributed by atoms with Crippen molar-refractivity contribution < 1.29 is 23.6 Å². The van der Waals surface area contributed by atoms with Crippen molar-refractivity contribution in [2.24, 2.45) is 28.3 Å². The lowest BCUT2D eigenvalue weighted by molar-refractivity contribution is -0.142. The molecule has 1 heterocycles. The van der Waals surface area contributed by atoms with Crippen molar-refractivity contribution in [3.05, 3.63) is 35.9 Å². The van der Waals surface area contributed by atoms with Crippen LogP contribution in [0.2, 0.25) is 0 Å². The predicted molar refractivity (Wildman–Crippen MR) is 140 cm³/mol. The molecule has 9 nitrogen and oxygen atoms in total. The van der Waals surface area contributed by atoms with Gasteiger partial charge in [-0.05, 0) is 43.6 Å². The maximum atomic E-state index is 13.5. The van der Waals surface area contributed by atoms with Crippen LogP contribution in [-0.4, -0.2) is 66.1 Å². The molecule has 2 rings (SSSR count). The van der Waals surface area contributed by atoms with Crippen LogP contribution >= 0.6 is 0 Å². The molecule has 3 atom stereocenters. The number of halogens is 1. The first-order chi connectivity index (χ1) is 17.6. The lowest BCUT2D eigenvalue weighted by Crippen LogP contribution is -2.54. The number of nitrogens with zero attached hydrogens (tertiary/aromatic N) is 2. The number of benzene rings is 1. The molecule has 0 aromatic heterocycles. The molecule has 1 aliphatic heterocycles. The molecule has 1 aromatic rings. The molecule has 0 radical (unpaired) electrons. The van der Waals surface area contributed by atoms with E-state index in [-0.39, 0.29) is 55.3 Å². The molecule has 10 heteroatoms. The molecule has 1 saturated heterocycles. The number of nitrogens with two attached hydrogens (primary N) is 2. The molecule has 1 fully saturated rings. The van der Waals surface area contributed by atoms with Crippen molar-refractivity contribution in [3.63, 3.8) is 0 Å². The summed E-state index contributed by atoms with van der Waals surface area (Å²) < 4.78 is 13.2. The molecule has 204 valence electrons. The zero-order valence-corrected chi connectivity index (χ0v) is 21.8. The van der Waals surface area contributed by atoms with Gasteiger partial charge < -0.3 is 21.7 Å². The van der Waals surface area contributed by atoms with E-state index >= 15 is 0 Å². The smallest absolute Gasteiger partial charge is 0.246 e. The van der Waals surface area contributed by atoms with Gasteiger partial charge in [0, 0.05) is 31.8 Å². The third-order valence-corrected chi connectivity index (χ3v) is 6.68. The number of Topliss-reactive ketones (excluding diaryl/α,β-unsaturated/α-hetero) is 2. The van der Waals surface area contributed by atoms with Gasteiger partial charge in [0.1, 0.15) is 12.7 Å². The number of amides is 2. The first-order valence-corrected chi connectivity index (χ1v) is 12.9. The summed E-state index contributed by atoms with van der Waals surface area (Å²) in [7, 11) is 0. The highest BCUT2D eigenvalue weighted by Gasteiger charge is 2.39. The van der Waals surface area contributed by atoms with Crippen LogP contribution in [0.15, 0.2) is 35.3 Å². The number of aliphatic imine (C=N–C) groups is 1. The van der Waals surface area contributed by atoms with E-state index in [1.54, 1.807) is 0 Å². The molecule has 5 N–H and O–H groups in total. The van der Waals surface area contributed by atoms with Crippen molar-refractivity contribution >= 4 is 29.3 Å². The van der Waals surface area contributed by atoms with Crippen LogP contribution in [0.3, 0.4) is 0 Å². The molecule has 0 unspecified atom stereocenters. The third-order valence-electron chi connectivity index (χ3n) is 6.68. The van der Waals surface area contributed by atoms with Gasteiger partial charge >= 0.3 is 0 Å². The van der Waals surface area contributed by atoms with Crippen LogP contribution in [0, 0.1) is 11.8 Å². The van der Waals surface area contributed by atoms with E-state index < -0.39 is 30.5 Å². The normalized spacial score (nSPS) is 16.8. The Hall–Kier alpha value is -3.30. The Morgan fingerprint density at radius 2 is 1.86 bits per heavy atom. The summed E-state index contributed by atoms with van der Waals surface area (Å²) in [6.07, 6.45) is 2.48. The number of aryl methyl sites for hydroxylation is 1. The van der Waals surface area contributed by atoms with Gasteiger partial charge in [0.25, 0.3) is 0 Å². The number of nitrogens with one attached hydrogen (secondary N) is 1. The lowest BCUT2D eigenvalue weighted by Gasteiger charge is -2.31. The molecule has 1 aliphatic rings. The quantitative estimate of drug-likeness (QED) is 0.184. The van der Waals surface area contributed by atoms with E-state index in [0.717, 1.165) is 5.56 Å². The molecular weight excluding hydrogens is 477 g/mol. The van der Waals surface area contributed by atoms with Crippen LogP contribution in [0.4, 0.5) is 4.39 Å². The SMILES string of the molecule is CC(C)[C@H](NC(=O)CCc1ccccc1)C(=O)N1CCC[C@H]1C(=O)C[C@@H](CCCN=C(N)N)C(=O)CF. The number of ketones is 2. The highest BCUT2D eigenvalue weighted by Crippen LogP contribution is 2.25. The average molecular weight is 518 g/mol. The standard InChI is InChI=1S/C27H40FN5O4/c1-18(2)25(32-24(36)13-12-19-8-4-3-5-9-19)26(37)33-15-7-11-21(33)22(34)16-20(23(35)17-28)10-6-14-31-27(29)30/h3-5,8-9,18,20-21,25H,6-7,10-17H2,1-2H3,(H,32,36)(H4,29,30,31)/t20-,21+,25+/m1/s1. The number of hydrogen-bond acceptors (Lipinski definition) is 5. The van der Waals surface area contributed by atoms with E-state index in [1.807, 2.05) is 44.2 Å². The zero-order valence-electron chi connectivity index (χ0n) is 21.8. The van der Waals surface area contributed by atoms with Crippen LogP contribution in [-0.2, 0) is 25.6 Å². The largest absolute Gasteiger partial charge is 0.370 e. The molecule has 37 heavy (non-hydrogen) atoms. The van der Waals surface area contributed by atoms with Gasteiger partial charge in [-0.3, -0.25) is 24.2 Å². The van der Waals surface area contributed by atoms with Gasteiger partial charge in [-0.25, -0.2) is 4.39 Å². The Morgan fingerprint density at radius 3 is 2.49 bits per heavy atom. The summed E-state index contributed by atoms with van der Waals surface area (Å²) >= 11 is 0. The Kier molecular flexibility index (Phi) is 12.2. The number of guanidine groups is 1. The summed E-state index contributed by atoms with van der Waals surface area (Å²) in [6, 6.07) is 8.16. The van der Waals surface area contributed by atoms with Crippen molar-refractivity contribution in [2.45, 2.75) is 70.9 Å². The number of carbonyl (C=O) groups excluding carboxylic acids is 4. The second kappa shape index (κ2) is 15.1. The molecule has 0 bridgehead atoms. The second-order valence-electron chi connectivity index (χ2n) is 9.88. The average Bonchev–Trinajstić information content (AvgIpc) is 3.37. The van der Waals surface area contributed by atoms with Gasteiger partial charge in [-0.15, -0.1) is 0 Å². The third kappa shape index (κ3) is 9.59. The van der Waals surface area contributed by atoms with Crippen molar-refractivity contribution in [1.29, 1.82) is 0 Å². The fourth-order valence-electron chi connectivity index (χ4n) is 4.62. The summed E-state index contributed by atoms with van der Waals surface area (Å²) in [4.78, 5) is 56.8. The monoisotopic (exact) mass is 517 g/mol. The van der Waals surface area contributed by atoms with Gasteiger partial charge in [0.15, 0.2) is 17.5 Å². The first-order valence-electron chi connectivity index (χ1n) is 12.9. The zero-order chi connectivity index (χ0) is 27.4. The first kappa shape index (κ1) is 29.9. The van der Waals surface area contributed by atoms with Crippen molar-refractivity contribution in [3.8, 4) is 0 Å². The Balaban J connectivity index is 2.01. The summed E-state index contributed by atoms with van der Waals surface area (Å²) in [5.41, 5.74) is 11.6. The molecule has 0 spiro atoms. The number of rotatable bonds is 15. The minimum Gasteiger partial charge on any atom is -0.370 e. The van der Waals surface area contributed by atoms with E-state index in [4.69, 9.17) is 11.5 Å². The second-order valence-corrected chi connectivity index (χ2v) is 9.88. The minimum absolute atomic E-state index is 0.0728. The lowest BCUT2D eigenvalue weighted by atomic mass is 9.90. The number of hydrogen-bond donors (Lipinski definition) is 3. The van der Waals surface area contributed by atoms with Crippen LogP contribution < -0.4 is 16.8 Å². The maximum absolute atomic E-state index is 13.5. The summed E-state index contributed by atoms with van der Waals surface area (Å²) in [6.45, 7) is 3.21. The summed E-state index contributed by atoms with van der Waals surface area (Å²) in [5.74, 6) is -2.48. The Bertz CT molecular complexity index is 949. The van der Waals surface area contributed by atoms with Crippen LogP contribution in [0.5, 0.6) is 0 Å². The van der Waals surface area contributed by atoms with Crippen molar-refractivity contribution in [2.75, 3.05) is 19.8 Å². The molecule has 1 aromatic carbocycles. The van der Waals surface area contributed by atoms with Gasteiger partial charge in [-0.2, -0.15) is 0 Å². The molecule has 2 amide bonds. The van der Waals surface area contributed by atoms with E-state index in [2.05, 4.69) is 10.3 Å². The highest BCUT2D eigenvalue weighted by atomic mass is 19.1. The van der Waals surface area contributed by atoms with Crippen LogP contribution in [0.25, 0.3) is 0 Å². The number of carbonyl (C=O) groups is 4. The highest BCUT2D eigenvalue weighted by molar-refractivity contribution is 5.95. The molecule has 0 aliphatic carbocycles.